The van der Waals surface area contributed by atoms with Crippen LogP contribution < -0.4 is 10.5 Å². The number of nitrogens with two attached hydrogens (primary N) is 1. The summed E-state index contributed by atoms with van der Waals surface area (Å²) in [5, 5.41) is 7.91. The third-order valence-corrected chi connectivity index (χ3v) is 5.51. The van der Waals surface area contributed by atoms with Crippen LogP contribution in [0.2, 0.25) is 0 Å². The van der Waals surface area contributed by atoms with Gasteiger partial charge in [-0.05, 0) is 24.3 Å². The molecule has 0 bridgehead atoms. The highest BCUT2D eigenvalue weighted by molar-refractivity contribution is 8.00. The van der Waals surface area contributed by atoms with Crippen LogP contribution in [0.25, 0.3) is 10.9 Å². The number of carbonyl (C=O) groups excluding carboxylic acids is 1. The summed E-state index contributed by atoms with van der Waals surface area (Å²) in [6, 6.07) is 11.5. The first kappa shape index (κ1) is 21.0. The Morgan fingerprint density at radius 3 is 2.52 bits per heavy atom. The van der Waals surface area contributed by atoms with Crippen molar-refractivity contribution in [1.29, 1.82) is 0 Å². The number of sulfonamides is 1. The normalized spacial score (nSPS) is 12.1. The van der Waals surface area contributed by atoms with Crippen molar-refractivity contribution in [2.75, 3.05) is 11.1 Å². The van der Waals surface area contributed by atoms with Crippen molar-refractivity contribution in [2.45, 2.75) is 16.1 Å². The molecule has 3 rings (SSSR count). The van der Waals surface area contributed by atoms with E-state index in [1.54, 1.807) is 18.2 Å². The maximum absolute atomic E-state index is 13.0. The fourth-order valence-corrected chi connectivity index (χ4v) is 3.74. The SMILES string of the molecule is NS(=O)(=O)c1cccc(NC(=O)CSc2nc(C(F)(F)F)nc3ccccc23)c1. The molecule has 3 N–H and O–H groups in total. The molecule has 0 aliphatic heterocycles. The molecule has 0 spiro atoms. The number of fused-ring (bicyclic) bond motifs is 1. The molecular weight excluding hydrogens is 429 g/mol. The zero-order chi connectivity index (χ0) is 21.2. The maximum Gasteiger partial charge on any atom is 0.451 e. The Morgan fingerprint density at radius 2 is 1.83 bits per heavy atom. The number of primary sulfonamides is 1. The topological polar surface area (TPSA) is 115 Å². The zero-order valence-electron chi connectivity index (χ0n) is 14.5. The average Bonchev–Trinajstić information content (AvgIpc) is 2.64. The van der Waals surface area contributed by atoms with Crippen molar-refractivity contribution < 1.29 is 26.4 Å². The Balaban J connectivity index is 1.79. The molecule has 1 heterocycles. The quantitative estimate of drug-likeness (QED) is 0.464. The summed E-state index contributed by atoms with van der Waals surface area (Å²) in [4.78, 5) is 19.1. The van der Waals surface area contributed by atoms with Gasteiger partial charge in [-0.25, -0.2) is 23.5 Å². The molecule has 7 nitrogen and oxygen atoms in total. The molecule has 2 aromatic carbocycles. The zero-order valence-corrected chi connectivity index (χ0v) is 16.1. The van der Waals surface area contributed by atoms with E-state index >= 15 is 0 Å². The molecule has 0 fully saturated rings. The van der Waals surface area contributed by atoms with Crippen LogP contribution in [0.3, 0.4) is 0 Å². The van der Waals surface area contributed by atoms with Gasteiger partial charge in [0.05, 0.1) is 16.2 Å². The van der Waals surface area contributed by atoms with Crippen molar-refractivity contribution >= 4 is 44.3 Å². The minimum Gasteiger partial charge on any atom is -0.325 e. The predicted molar refractivity (Wildman–Crippen MR) is 102 cm³/mol. The molecule has 0 atom stereocenters. The third kappa shape index (κ3) is 5.22. The van der Waals surface area contributed by atoms with Crippen LogP contribution in [0, 0.1) is 0 Å². The molecule has 0 unspecified atom stereocenters. The second kappa shape index (κ2) is 7.97. The highest BCUT2D eigenvalue weighted by Gasteiger charge is 2.35. The Hall–Kier alpha value is -2.70. The summed E-state index contributed by atoms with van der Waals surface area (Å²) in [6.45, 7) is 0. The molecule has 3 aromatic rings. The van der Waals surface area contributed by atoms with Crippen molar-refractivity contribution in [3.05, 3.63) is 54.4 Å². The smallest absolute Gasteiger partial charge is 0.325 e. The number of carbonyl (C=O) groups is 1. The first-order chi connectivity index (χ1) is 13.5. The Labute approximate surface area is 167 Å². The van der Waals surface area contributed by atoms with Crippen LogP contribution in [0.5, 0.6) is 0 Å². The lowest BCUT2D eigenvalue weighted by Crippen LogP contribution is -2.16. The van der Waals surface area contributed by atoms with Gasteiger partial charge < -0.3 is 5.32 Å². The van der Waals surface area contributed by atoms with Crippen LogP contribution in [0.15, 0.2) is 58.5 Å². The number of halogens is 3. The lowest BCUT2D eigenvalue weighted by molar-refractivity contribution is -0.145. The number of benzene rings is 2. The summed E-state index contributed by atoms with van der Waals surface area (Å²) in [5.41, 5.74) is 0.296. The number of hydrogen-bond acceptors (Lipinski definition) is 6. The van der Waals surface area contributed by atoms with Crippen molar-refractivity contribution in [3.63, 3.8) is 0 Å². The van der Waals surface area contributed by atoms with Gasteiger partial charge in [0.25, 0.3) is 0 Å². The summed E-state index contributed by atoms with van der Waals surface area (Å²) in [6.07, 6.45) is -4.73. The minimum absolute atomic E-state index is 0.0105. The average molecular weight is 442 g/mol. The summed E-state index contributed by atoms with van der Waals surface area (Å²) >= 11 is 0.811. The van der Waals surface area contributed by atoms with Gasteiger partial charge in [-0.15, -0.1) is 0 Å². The van der Waals surface area contributed by atoms with E-state index in [4.69, 9.17) is 5.14 Å². The van der Waals surface area contributed by atoms with E-state index < -0.39 is 27.9 Å². The molecule has 29 heavy (non-hydrogen) atoms. The van der Waals surface area contributed by atoms with Crippen LogP contribution in [0.1, 0.15) is 5.82 Å². The van der Waals surface area contributed by atoms with E-state index in [0.29, 0.717) is 5.39 Å². The number of nitrogens with one attached hydrogen (secondary N) is 1. The van der Waals surface area contributed by atoms with E-state index in [2.05, 4.69) is 15.3 Å². The van der Waals surface area contributed by atoms with E-state index in [0.717, 1.165) is 11.8 Å². The molecule has 1 amide bonds. The first-order valence-corrected chi connectivity index (χ1v) is 10.5. The fraction of sp³-hybridized carbons (Fsp3) is 0.118. The Kier molecular flexibility index (Phi) is 5.78. The monoisotopic (exact) mass is 442 g/mol. The van der Waals surface area contributed by atoms with Gasteiger partial charge in [0, 0.05) is 11.1 Å². The maximum atomic E-state index is 13.0. The molecule has 152 valence electrons. The minimum atomic E-state index is -4.73. The number of para-hydroxylation sites is 1. The number of rotatable bonds is 5. The van der Waals surface area contributed by atoms with Gasteiger partial charge in [0.15, 0.2) is 0 Å². The van der Waals surface area contributed by atoms with Gasteiger partial charge in [0.2, 0.25) is 21.8 Å². The van der Waals surface area contributed by atoms with Gasteiger partial charge in [-0.2, -0.15) is 13.2 Å². The van der Waals surface area contributed by atoms with Crippen LogP contribution >= 0.6 is 11.8 Å². The lowest BCUT2D eigenvalue weighted by Gasteiger charge is -2.10. The molecule has 0 saturated heterocycles. The van der Waals surface area contributed by atoms with Gasteiger partial charge in [0.1, 0.15) is 5.03 Å². The third-order valence-electron chi connectivity index (χ3n) is 3.61. The molecule has 0 aliphatic carbocycles. The summed E-state index contributed by atoms with van der Waals surface area (Å²) in [5.74, 6) is -2.10. The van der Waals surface area contributed by atoms with Gasteiger partial charge in [-0.3, -0.25) is 4.79 Å². The largest absolute Gasteiger partial charge is 0.451 e. The second-order valence-electron chi connectivity index (χ2n) is 5.78. The number of thioether (sulfide) groups is 1. The summed E-state index contributed by atoms with van der Waals surface area (Å²) in [7, 11) is -3.94. The number of aromatic nitrogens is 2. The first-order valence-electron chi connectivity index (χ1n) is 7.93. The van der Waals surface area contributed by atoms with Crippen molar-refractivity contribution in [3.8, 4) is 0 Å². The molecule has 0 radical (unpaired) electrons. The Morgan fingerprint density at radius 1 is 1.10 bits per heavy atom. The van der Waals surface area contributed by atoms with Gasteiger partial charge >= 0.3 is 6.18 Å². The number of hydrogen-bond donors (Lipinski definition) is 2. The van der Waals surface area contributed by atoms with Crippen LogP contribution in [-0.4, -0.2) is 30.0 Å². The molecule has 0 aliphatic rings. The number of amides is 1. The Bertz CT molecular complexity index is 1180. The molecule has 1 aromatic heterocycles. The standard InChI is InChI=1S/C17H13F3N4O3S2/c18-17(19,20)16-23-13-7-2-1-6-12(13)15(24-16)28-9-14(25)22-10-4-3-5-11(8-10)29(21,26)27/h1-8H,9H2,(H,22,25)(H2,21,26,27). The highest BCUT2D eigenvalue weighted by Crippen LogP contribution is 2.32. The van der Waals surface area contributed by atoms with E-state index in [-0.39, 0.29) is 26.9 Å². The summed E-state index contributed by atoms with van der Waals surface area (Å²) < 4.78 is 61.9. The number of alkyl halides is 3. The number of anilines is 1. The van der Waals surface area contributed by atoms with E-state index in [9.17, 15) is 26.4 Å². The molecule has 0 saturated carbocycles. The van der Waals surface area contributed by atoms with Crippen LogP contribution in [-0.2, 0) is 21.0 Å². The van der Waals surface area contributed by atoms with Crippen LogP contribution in [0.4, 0.5) is 18.9 Å². The predicted octanol–water partition coefficient (Wildman–Crippen LogP) is 3.03. The molecular formula is C17H13F3N4O3S2. The van der Waals surface area contributed by atoms with Crippen molar-refractivity contribution in [2.24, 2.45) is 5.14 Å². The number of nitrogens with zero attached hydrogens (tertiary/aromatic N) is 2. The lowest BCUT2D eigenvalue weighted by atomic mass is 10.2. The van der Waals surface area contributed by atoms with E-state index in [1.807, 2.05) is 0 Å². The van der Waals surface area contributed by atoms with Crippen molar-refractivity contribution in [1.82, 2.24) is 9.97 Å². The van der Waals surface area contributed by atoms with E-state index in [1.165, 1.54) is 30.3 Å². The molecule has 12 heteroatoms. The second-order valence-corrected chi connectivity index (χ2v) is 8.30. The van der Waals surface area contributed by atoms with Gasteiger partial charge in [-0.1, -0.05) is 36.0 Å². The highest BCUT2D eigenvalue weighted by atomic mass is 32.2. The fourth-order valence-electron chi connectivity index (χ4n) is 2.37.